The van der Waals surface area contributed by atoms with Crippen LogP contribution in [0.15, 0.2) is 18.2 Å². The summed E-state index contributed by atoms with van der Waals surface area (Å²) < 4.78 is 15.9. The molecule has 2 amide bonds. The van der Waals surface area contributed by atoms with Gasteiger partial charge in [0.15, 0.2) is 11.5 Å². The van der Waals surface area contributed by atoms with Gasteiger partial charge in [0.25, 0.3) is 0 Å². The van der Waals surface area contributed by atoms with Crippen LogP contribution in [0.5, 0.6) is 11.5 Å². The number of carbonyl (C=O) groups excluding carboxylic acids is 2. The smallest absolute Gasteiger partial charge is 0.225 e. The molecular formula is C22H33N3O5. The van der Waals surface area contributed by atoms with Crippen LogP contribution in [0.3, 0.4) is 0 Å². The van der Waals surface area contributed by atoms with E-state index < -0.39 is 0 Å². The highest BCUT2D eigenvalue weighted by atomic mass is 16.5. The van der Waals surface area contributed by atoms with Crippen LogP contribution in [-0.2, 0) is 20.7 Å². The fourth-order valence-electron chi connectivity index (χ4n) is 3.95. The molecule has 1 aromatic rings. The van der Waals surface area contributed by atoms with E-state index >= 15 is 0 Å². The quantitative estimate of drug-likeness (QED) is 0.569. The summed E-state index contributed by atoms with van der Waals surface area (Å²) in [6.45, 7) is 6.18. The summed E-state index contributed by atoms with van der Waals surface area (Å²) in [7, 11) is 3.21. The average Bonchev–Trinajstić information content (AvgIpc) is 3.16. The Balaban J connectivity index is 1.39. The molecule has 166 valence electrons. The van der Waals surface area contributed by atoms with Crippen LogP contribution in [0.25, 0.3) is 0 Å². The molecule has 1 N–H and O–H groups in total. The predicted molar refractivity (Wildman–Crippen MR) is 113 cm³/mol. The van der Waals surface area contributed by atoms with Gasteiger partial charge in [-0.25, -0.2) is 0 Å². The zero-order valence-electron chi connectivity index (χ0n) is 18.0. The van der Waals surface area contributed by atoms with Crippen molar-refractivity contribution in [3.05, 3.63) is 23.8 Å². The van der Waals surface area contributed by atoms with Crippen molar-refractivity contribution in [2.75, 3.05) is 66.7 Å². The first-order valence-electron chi connectivity index (χ1n) is 10.7. The molecule has 2 saturated heterocycles. The summed E-state index contributed by atoms with van der Waals surface area (Å²) in [5.74, 6) is 1.13. The monoisotopic (exact) mass is 419 g/mol. The zero-order valence-corrected chi connectivity index (χ0v) is 18.0. The van der Waals surface area contributed by atoms with Crippen molar-refractivity contribution in [3.63, 3.8) is 0 Å². The Morgan fingerprint density at radius 2 is 1.93 bits per heavy atom. The highest BCUT2D eigenvalue weighted by Crippen LogP contribution is 2.28. The summed E-state index contributed by atoms with van der Waals surface area (Å²) in [5, 5.41) is 3.00. The van der Waals surface area contributed by atoms with Crippen molar-refractivity contribution in [1.29, 1.82) is 0 Å². The van der Waals surface area contributed by atoms with E-state index in [0.717, 1.165) is 44.8 Å². The molecule has 1 atom stereocenters. The highest BCUT2D eigenvalue weighted by molar-refractivity contribution is 5.89. The topological polar surface area (TPSA) is 80.3 Å². The second kappa shape index (κ2) is 11.2. The second-order valence-corrected chi connectivity index (χ2v) is 7.78. The lowest BCUT2D eigenvalue weighted by molar-refractivity contribution is -0.129. The molecule has 0 saturated carbocycles. The van der Waals surface area contributed by atoms with Crippen LogP contribution >= 0.6 is 0 Å². The third kappa shape index (κ3) is 6.09. The number of hydrogen-bond donors (Lipinski definition) is 1. The van der Waals surface area contributed by atoms with Gasteiger partial charge < -0.3 is 24.4 Å². The molecule has 0 aromatic heterocycles. The van der Waals surface area contributed by atoms with Crippen LogP contribution in [0.1, 0.15) is 18.4 Å². The molecule has 0 bridgehead atoms. The number of carbonyl (C=O) groups is 2. The number of rotatable bonds is 10. The Morgan fingerprint density at radius 1 is 1.17 bits per heavy atom. The summed E-state index contributed by atoms with van der Waals surface area (Å²) in [6, 6.07) is 5.77. The number of morpholine rings is 1. The van der Waals surface area contributed by atoms with Gasteiger partial charge in [0.05, 0.1) is 33.4 Å². The molecular weight excluding hydrogens is 386 g/mol. The van der Waals surface area contributed by atoms with Gasteiger partial charge in [-0.1, -0.05) is 6.07 Å². The normalized spacial score (nSPS) is 19.7. The predicted octanol–water partition coefficient (Wildman–Crippen LogP) is 0.933. The van der Waals surface area contributed by atoms with Crippen LogP contribution in [0.4, 0.5) is 0 Å². The molecule has 0 aliphatic carbocycles. The van der Waals surface area contributed by atoms with E-state index in [4.69, 9.17) is 14.2 Å². The second-order valence-electron chi connectivity index (χ2n) is 7.78. The minimum atomic E-state index is -0.258. The van der Waals surface area contributed by atoms with E-state index in [1.54, 1.807) is 19.1 Å². The van der Waals surface area contributed by atoms with Crippen LogP contribution in [0.2, 0.25) is 0 Å². The fraction of sp³-hybridized carbons (Fsp3) is 0.636. The van der Waals surface area contributed by atoms with Gasteiger partial charge in [0.1, 0.15) is 0 Å². The zero-order chi connectivity index (χ0) is 21.3. The van der Waals surface area contributed by atoms with Gasteiger partial charge >= 0.3 is 0 Å². The van der Waals surface area contributed by atoms with Crippen molar-refractivity contribution < 1.29 is 23.8 Å². The van der Waals surface area contributed by atoms with E-state index in [2.05, 4.69) is 10.2 Å². The highest BCUT2D eigenvalue weighted by Gasteiger charge is 2.33. The lowest BCUT2D eigenvalue weighted by atomic mass is 10.1. The first-order chi connectivity index (χ1) is 14.6. The van der Waals surface area contributed by atoms with Gasteiger partial charge in [-0.05, 0) is 37.1 Å². The molecule has 2 aliphatic heterocycles. The number of nitrogens with one attached hydrogen (secondary N) is 1. The summed E-state index contributed by atoms with van der Waals surface area (Å²) in [4.78, 5) is 29.0. The minimum absolute atomic E-state index is 0.0149. The van der Waals surface area contributed by atoms with Gasteiger partial charge in [-0.3, -0.25) is 14.5 Å². The Bertz CT molecular complexity index is 721. The largest absolute Gasteiger partial charge is 0.493 e. The van der Waals surface area contributed by atoms with Crippen LogP contribution in [0, 0.1) is 5.92 Å². The average molecular weight is 420 g/mol. The maximum Gasteiger partial charge on any atom is 0.225 e. The summed E-state index contributed by atoms with van der Waals surface area (Å²) in [6.07, 6.45) is 1.91. The van der Waals surface area contributed by atoms with E-state index in [1.807, 2.05) is 18.2 Å². The van der Waals surface area contributed by atoms with E-state index in [1.165, 1.54) is 0 Å². The molecule has 2 heterocycles. The van der Waals surface area contributed by atoms with Crippen molar-refractivity contribution in [1.82, 2.24) is 15.1 Å². The van der Waals surface area contributed by atoms with Gasteiger partial charge in [-0.2, -0.15) is 0 Å². The SMILES string of the molecule is COc1ccc(CCN2C[C@H](C(=O)NCCCN3CCOCC3)CC2=O)cc1OC. The number of amides is 2. The summed E-state index contributed by atoms with van der Waals surface area (Å²) >= 11 is 0. The van der Waals surface area contributed by atoms with E-state index in [0.29, 0.717) is 44.0 Å². The number of methoxy groups -OCH3 is 2. The van der Waals surface area contributed by atoms with E-state index in [9.17, 15) is 9.59 Å². The first-order valence-corrected chi connectivity index (χ1v) is 10.7. The van der Waals surface area contributed by atoms with Gasteiger partial charge in [-0.15, -0.1) is 0 Å². The summed E-state index contributed by atoms with van der Waals surface area (Å²) in [5.41, 5.74) is 1.07. The molecule has 8 heteroatoms. The van der Waals surface area contributed by atoms with Crippen LogP contribution in [-0.4, -0.2) is 88.3 Å². The Morgan fingerprint density at radius 3 is 2.67 bits per heavy atom. The number of nitrogens with zero attached hydrogens (tertiary/aromatic N) is 2. The molecule has 0 radical (unpaired) electrons. The van der Waals surface area contributed by atoms with Gasteiger partial charge in [0.2, 0.25) is 11.8 Å². The third-order valence-corrected chi connectivity index (χ3v) is 5.76. The Labute approximate surface area is 178 Å². The maximum atomic E-state index is 12.5. The molecule has 1 aromatic carbocycles. The van der Waals surface area contributed by atoms with Gasteiger partial charge in [0, 0.05) is 39.1 Å². The third-order valence-electron chi connectivity index (χ3n) is 5.76. The first kappa shape index (κ1) is 22.4. The number of benzene rings is 1. The standard InChI is InChI=1S/C22H33N3O5/c1-28-19-5-4-17(14-20(19)29-2)6-9-25-16-18(15-21(25)26)22(27)23-7-3-8-24-10-12-30-13-11-24/h4-5,14,18H,3,6-13,15-16H2,1-2H3,(H,23,27)/t18-/m1/s1. The van der Waals surface area contributed by atoms with E-state index in [-0.39, 0.29) is 17.7 Å². The Kier molecular flexibility index (Phi) is 8.33. The molecule has 3 rings (SSSR count). The molecule has 0 spiro atoms. The fourth-order valence-corrected chi connectivity index (χ4v) is 3.95. The lowest BCUT2D eigenvalue weighted by Crippen LogP contribution is -2.39. The number of ether oxygens (including phenoxy) is 3. The maximum absolute atomic E-state index is 12.5. The van der Waals surface area contributed by atoms with Crippen molar-refractivity contribution in [3.8, 4) is 11.5 Å². The number of likely N-dealkylation sites (tertiary alicyclic amines) is 1. The molecule has 2 fully saturated rings. The van der Waals surface area contributed by atoms with Crippen molar-refractivity contribution >= 4 is 11.8 Å². The molecule has 30 heavy (non-hydrogen) atoms. The molecule has 2 aliphatic rings. The van der Waals surface area contributed by atoms with Crippen molar-refractivity contribution in [2.24, 2.45) is 5.92 Å². The van der Waals surface area contributed by atoms with Crippen LogP contribution < -0.4 is 14.8 Å². The lowest BCUT2D eigenvalue weighted by Gasteiger charge is -2.26. The Hall–Kier alpha value is -2.32. The minimum Gasteiger partial charge on any atom is -0.493 e. The number of hydrogen-bond acceptors (Lipinski definition) is 6. The molecule has 0 unspecified atom stereocenters. The molecule has 8 nitrogen and oxygen atoms in total. The van der Waals surface area contributed by atoms with Crippen molar-refractivity contribution in [2.45, 2.75) is 19.3 Å².